The van der Waals surface area contributed by atoms with Gasteiger partial charge in [0.05, 0.1) is 6.04 Å². The van der Waals surface area contributed by atoms with E-state index in [-0.39, 0.29) is 65.1 Å². The number of hydrogen-bond acceptors (Lipinski definition) is 10. The van der Waals surface area contributed by atoms with Crippen molar-refractivity contribution in [3.8, 4) is 0 Å². The van der Waals surface area contributed by atoms with Gasteiger partial charge < -0.3 is 30.9 Å². The number of hydrogen-bond donors (Lipinski definition) is 4. The van der Waals surface area contributed by atoms with Crippen molar-refractivity contribution in [3.05, 3.63) is 16.9 Å². The lowest BCUT2D eigenvalue weighted by atomic mass is 9.75. The standard InChI is InChI=1S/C29H43N9O5S/c1-16(32-23(39)13-37-15-31-34-35-37)8-24(40)38-18(3)17(2)26(25(38)28(42)43)44-21-9-22(30-12-21)27(41)36-7-6-29(14-36)10-19-4-5-20(11-29)33-19/h15-22,30,33H,4-14H2,1-3H3,(H,32,39)(H,42,43)/t16-,17-,18+,19?,20?,21+,22+,29?/m1/s1. The number of amides is 3. The third-order valence-electron chi connectivity index (χ3n) is 10.2. The van der Waals surface area contributed by atoms with Crippen molar-refractivity contribution in [1.82, 2.24) is 46.0 Å². The average Bonchev–Trinajstić information content (AvgIpc) is 3.80. The molecule has 1 spiro atoms. The maximum Gasteiger partial charge on any atom is 0.353 e. The Labute approximate surface area is 261 Å². The maximum atomic E-state index is 13.6. The van der Waals surface area contributed by atoms with Gasteiger partial charge in [0.15, 0.2) is 0 Å². The molecule has 0 aromatic carbocycles. The lowest BCUT2D eigenvalue weighted by Crippen LogP contribution is -2.47. The maximum absolute atomic E-state index is 13.6. The highest BCUT2D eigenvalue weighted by molar-refractivity contribution is 8.03. The van der Waals surface area contributed by atoms with Crippen LogP contribution >= 0.6 is 11.8 Å². The highest BCUT2D eigenvalue weighted by Gasteiger charge is 2.49. The van der Waals surface area contributed by atoms with E-state index in [9.17, 15) is 24.3 Å². The molecule has 6 heterocycles. The van der Waals surface area contributed by atoms with Gasteiger partial charge in [0.2, 0.25) is 17.7 Å². The second-order valence-corrected chi connectivity index (χ2v) is 14.8. The zero-order valence-corrected chi connectivity index (χ0v) is 26.4. The fraction of sp³-hybridized carbons (Fsp3) is 0.759. The van der Waals surface area contributed by atoms with Crippen LogP contribution in [0.25, 0.3) is 0 Å². The number of fused-ring (bicyclic) bond motifs is 2. The van der Waals surface area contributed by atoms with Crippen molar-refractivity contribution in [3.63, 3.8) is 0 Å². The predicted molar refractivity (Wildman–Crippen MR) is 161 cm³/mol. The molecular weight excluding hydrogens is 586 g/mol. The predicted octanol–water partition coefficient (Wildman–Crippen LogP) is 0.328. The highest BCUT2D eigenvalue weighted by Crippen LogP contribution is 2.47. The largest absolute Gasteiger partial charge is 0.477 e. The van der Waals surface area contributed by atoms with Gasteiger partial charge in [0.1, 0.15) is 18.6 Å². The number of tetrazole rings is 1. The number of carbonyl (C=O) groups is 4. The Morgan fingerprint density at radius 2 is 1.95 bits per heavy atom. The number of piperidine rings is 1. The molecule has 44 heavy (non-hydrogen) atoms. The summed E-state index contributed by atoms with van der Waals surface area (Å²) in [7, 11) is 0. The van der Waals surface area contributed by atoms with E-state index in [0.717, 1.165) is 32.4 Å². The smallest absolute Gasteiger partial charge is 0.353 e. The topological polar surface area (TPSA) is 175 Å². The van der Waals surface area contributed by atoms with Gasteiger partial charge in [-0.1, -0.05) is 6.92 Å². The fourth-order valence-corrected chi connectivity index (χ4v) is 9.56. The van der Waals surface area contributed by atoms with Crippen LogP contribution in [-0.4, -0.2) is 114 Å². The van der Waals surface area contributed by atoms with Crippen LogP contribution in [0, 0.1) is 11.3 Å². The summed E-state index contributed by atoms with van der Waals surface area (Å²) in [6.07, 6.45) is 7.78. The number of nitrogens with zero attached hydrogens (tertiary/aromatic N) is 6. The minimum absolute atomic E-state index is 0.00372. The molecule has 4 N–H and O–H groups in total. The molecule has 15 heteroatoms. The second-order valence-electron chi connectivity index (χ2n) is 13.5. The normalized spacial score (nSPS) is 33.8. The Kier molecular flexibility index (Phi) is 8.72. The number of likely N-dealkylation sites (tertiary alicyclic amines) is 1. The summed E-state index contributed by atoms with van der Waals surface area (Å²) >= 11 is 1.48. The first-order valence-electron chi connectivity index (χ1n) is 15.8. The lowest BCUT2D eigenvalue weighted by molar-refractivity contribution is -0.140. The van der Waals surface area contributed by atoms with Crippen molar-refractivity contribution < 1.29 is 24.3 Å². The summed E-state index contributed by atoms with van der Waals surface area (Å²) in [4.78, 5) is 56.0. The van der Waals surface area contributed by atoms with Gasteiger partial charge in [-0.25, -0.2) is 9.48 Å². The molecule has 0 aliphatic carbocycles. The quantitative estimate of drug-likeness (QED) is 0.296. The molecular formula is C29H43N9O5S. The van der Waals surface area contributed by atoms with Crippen LogP contribution in [0.5, 0.6) is 0 Å². The van der Waals surface area contributed by atoms with E-state index < -0.39 is 12.0 Å². The van der Waals surface area contributed by atoms with Crippen molar-refractivity contribution in [1.29, 1.82) is 0 Å². The van der Waals surface area contributed by atoms with Crippen LogP contribution in [0.2, 0.25) is 0 Å². The first-order chi connectivity index (χ1) is 21.0. The lowest BCUT2D eigenvalue weighted by Gasteiger charge is -2.38. The van der Waals surface area contributed by atoms with Gasteiger partial charge in [0.25, 0.3) is 0 Å². The minimum Gasteiger partial charge on any atom is -0.477 e. The molecule has 0 saturated carbocycles. The Bertz CT molecular complexity index is 1310. The molecule has 1 aromatic rings. The monoisotopic (exact) mass is 629 g/mol. The number of carbonyl (C=O) groups excluding carboxylic acids is 3. The van der Waals surface area contributed by atoms with Gasteiger partial charge in [-0.2, -0.15) is 0 Å². The minimum atomic E-state index is -1.15. The number of aliphatic carboxylic acids is 1. The van der Waals surface area contributed by atoms with Crippen LogP contribution in [0.3, 0.4) is 0 Å². The average molecular weight is 630 g/mol. The first kappa shape index (κ1) is 31.0. The number of thioether (sulfide) groups is 1. The second kappa shape index (κ2) is 12.4. The molecule has 240 valence electrons. The van der Waals surface area contributed by atoms with Gasteiger partial charge >= 0.3 is 5.97 Å². The molecule has 5 aliphatic heterocycles. The number of carboxylic acids is 1. The Balaban J connectivity index is 1.06. The van der Waals surface area contributed by atoms with Crippen LogP contribution in [0.4, 0.5) is 0 Å². The zero-order chi connectivity index (χ0) is 31.2. The highest BCUT2D eigenvalue weighted by atomic mass is 32.2. The fourth-order valence-electron chi connectivity index (χ4n) is 8.03. The van der Waals surface area contributed by atoms with Gasteiger partial charge in [-0.3, -0.25) is 14.4 Å². The summed E-state index contributed by atoms with van der Waals surface area (Å²) in [5.74, 6) is -1.88. The number of nitrogens with one attached hydrogen (secondary N) is 3. The van der Waals surface area contributed by atoms with E-state index in [1.165, 1.54) is 40.5 Å². The van der Waals surface area contributed by atoms with Crippen LogP contribution < -0.4 is 16.0 Å². The van der Waals surface area contributed by atoms with E-state index in [4.69, 9.17) is 0 Å². The summed E-state index contributed by atoms with van der Waals surface area (Å²) in [6, 6.07) is 0.0422. The van der Waals surface area contributed by atoms with Crippen LogP contribution in [-0.2, 0) is 25.7 Å². The summed E-state index contributed by atoms with van der Waals surface area (Å²) in [6.45, 7) is 7.68. The number of aromatic nitrogens is 4. The molecule has 4 saturated heterocycles. The molecule has 2 unspecified atom stereocenters. The van der Waals surface area contributed by atoms with Crippen molar-refractivity contribution in [2.75, 3.05) is 19.6 Å². The Morgan fingerprint density at radius 1 is 1.20 bits per heavy atom. The zero-order valence-electron chi connectivity index (χ0n) is 25.6. The summed E-state index contributed by atoms with van der Waals surface area (Å²) in [5.41, 5.74) is 0.255. The van der Waals surface area contributed by atoms with E-state index in [0.29, 0.717) is 30.0 Å². The van der Waals surface area contributed by atoms with Gasteiger partial charge in [-0.15, -0.1) is 16.9 Å². The van der Waals surface area contributed by atoms with Crippen molar-refractivity contribution >= 4 is 35.5 Å². The molecule has 7 atom stereocenters. The van der Waals surface area contributed by atoms with Crippen LogP contribution in [0.1, 0.15) is 65.7 Å². The molecule has 14 nitrogen and oxygen atoms in total. The molecule has 2 bridgehead atoms. The third-order valence-corrected chi connectivity index (χ3v) is 11.7. The first-order valence-corrected chi connectivity index (χ1v) is 16.6. The number of rotatable bonds is 9. The third kappa shape index (κ3) is 6.23. The Hall–Kier alpha value is -3.04. The molecule has 3 amide bonds. The SMILES string of the molecule is C[C@H](CC(=O)N1C(C(=O)O)=C(S[C@@H]2CN[C@H](C(=O)N3CCC4(CC5CCC(C4)N5)C3)C2)[C@H](C)[C@@H]1C)NC(=O)Cn1cnnn1. The van der Waals surface area contributed by atoms with Crippen molar-refractivity contribution in [2.45, 2.75) is 108 Å². The van der Waals surface area contributed by atoms with E-state index in [1.807, 2.05) is 13.8 Å². The molecule has 4 fully saturated rings. The molecule has 0 radical (unpaired) electrons. The van der Waals surface area contributed by atoms with Crippen LogP contribution in [0.15, 0.2) is 16.9 Å². The van der Waals surface area contributed by atoms with E-state index in [2.05, 4.69) is 36.4 Å². The number of carboxylic acid groups (broad SMARTS) is 1. The van der Waals surface area contributed by atoms with Gasteiger partial charge in [-0.05, 0) is 68.2 Å². The molecule has 5 aliphatic rings. The Morgan fingerprint density at radius 3 is 2.64 bits per heavy atom. The van der Waals surface area contributed by atoms with E-state index >= 15 is 0 Å². The summed E-state index contributed by atoms with van der Waals surface area (Å²) < 4.78 is 1.28. The van der Waals surface area contributed by atoms with Gasteiger partial charge in [0, 0.05) is 66.3 Å². The molecule has 6 rings (SSSR count). The van der Waals surface area contributed by atoms with E-state index in [1.54, 1.807) is 6.92 Å². The summed E-state index contributed by atoms with van der Waals surface area (Å²) in [5, 5.41) is 30.8. The molecule has 1 aromatic heterocycles. The van der Waals surface area contributed by atoms with Crippen molar-refractivity contribution in [2.24, 2.45) is 11.3 Å².